The largest absolute Gasteiger partial charge is 0.455 e. The van der Waals surface area contributed by atoms with Crippen LogP contribution in [0.4, 0.5) is 5.82 Å². The Morgan fingerprint density at radius 3 is 2.40 bits per heavy atom. The summed E-state index contributed by atoms with van der Waals surface area (Å²) in [6, 6.07) is 1.76. The van der Waals surface area contributed by atoms with E-state index in [9.17, 15) is 13.2 Å². The van der Waals surface area contributed by atoms with Crippen LogP contribution >= 0.6 is 0 Å². The van der Waals surface area contributed by atoms with Crippen LogP contribution in [0.2, 0.25) is 0 Å². The zero-order valence-corrected chi connectivity index (χ0v) is 15.2. The highest BCUT2D eigenvalue weighted by Crippen LogP contribution is 2.19. The predicted molar refractivity (Wildman–Crippen MR) is 95.3 cm³/mol. The van der Waals surface area contributed by atoms with E-state index in [1.807, 2.05) is 4.90 Å². The van der Waals surface area contributed by atoms with Crippen molar-refractivity contribution in [1.82, 2.24) is 18.6 Å². The maximum absolute atomic E-state index is 12.1. The Kier molecular flexibility index (Phi) is 7.27. The lowest BCUT2D eigenvalue weighted by Crippen LogP contribution is -2.51. The molecule has 0 saturated carbocycles. The van der Waals surface area contributed by atoms with Gasteiger partial charge in [-0.2, -0.15) is 17.0 Å². The van der Waals surface area contributed by atoms with Crippen LogP contribution in [0.25, 0.3) is 0 Å². The van der Waals surface area contributed by atoms with Gasteiger partial charge in [0.2, 0.25) is 0 Å². The quantitative estimate of drug-likeness (QED) is 0.700. The van der Waals surface area contributed by atoms with E-state index >= 15 is 0 Å². The van der Waals surface area contributed by atoms with Crippen LogP contribution in [0.1, 0.15) is 33.2 Å². The molecule has 0 aliphatic carbocycles. The first-order valence-corrected chi connectivity index (χ1v) is 9.04. The van der Waals surface area contributed by atoms with Crippen LogP contribution in [0.15, 0.2) is 12.3 Å². The normalized spacial score (nSPS) is 17.1. The van der Waals surface area contributed by atoms with Gasteiger partial charge in [-0.3, -0.25) is 4.79 Å². The number of aromatic nitrogens is 2. The standard InChI is InChI=1S/C14H23N5O4S.CH4/c1-11(23-12(2)20)14-15-6-5-13(16-14)18-7-9-19(10-8-18)24(21,22)17(3)4;/h5-6,11H,7-10H2,1-4H3;1H4. The van der Waals surface area contributed by atoms with E-state index < -0.39 is 16.3 Å². The smallest absolute Gasteiger partial charge is 0.303 e. The van der Waals surface area contributed by atoms with Crippen LogP contribution in [-0.4, -0.2) is 73.2 Å². The summed E-state index contributed by atoms with van der Waals surface area (Å²) in [5.41, 5.74) is 0. The monoisotopic (exact) mass is 373 g/mol. The first-order chi connectivity index (χ1) is 11.2. The van der Waals surface area contributed by atoms with Crippen molar-refractivity contribution in [1.29, 1.82) is 0 Å². The minimum absolute atomic E-state index is 0. The molecule has 1 saturated heterocycles. The fourth-order valence-electron chi connectivity index (χ4n) is 2.42. The summed E-state index contributed by atoms with van der Waals surface area (Å²) >= 11 is 0. The van der Waals surface area contributed by atoms with Crippen LogP contribution in [0, 0.1) is 0 Å². The first kappa shape index (κ1) is 21.3. The first-order valence-electron chi connectivity index (χ1n) is 7.64. The van der Waals surface area contributed by atoms with Gasteiger partial charge in [0.05, 0.1) is 0 Å². The van der Waals surface area contributed by atoms with Crippen LogP contribution in [0.5, 0.6) is 0 Å². The average molecular weight is 373 g/mol. The number of piperazine rings is 1. The van der Waals surface area contributed by atoms with Gasteiger partial charge in [-0.25, -0.2) is 9.97 Å². The number of hydrogen-bond acceptors (Lipinski definition) is 7. The number of nitrogens with zero attached hydrogens (tertiary/aromatic N) is 5. The number of carbonyl (C=O) groups excluding carboxylic acids is 1. The molecule has 1 aromatic rings. The summed E-state index contributed by atoms with van der Waals surface area (Å²) in [4.78, 5) is 21.6. The number of carbonyl (C=O) groups is 1. The van der Waals surface area contributed by atoms with Gasteiger partial charge < -0.3 is 9.64 Å². The van der Waals surface area contributed by atoms with Crippen molar-refractivity contribution >= 4 is 22.0 Å². The molecular formula is C15H27N5O4S. The molecule has 0 radical (unpaired) electrons. The third-order valence-corrected chi connectivity index (χ3v) is 5.66. The lowest BCUT2D eigenvalue weighted by Gasteiger charge is -2.35. The Hall–Kier alpha value is -1.78. The molecule has 1 unspecified atom stereocenters. The Morgan fingerprint density at radius 1 is 1.28 bits per heavy atom. The highest BCUT2D eigenvalue weighted by atomic mass is 32.2. The Balaban J connectivity index is 0.00000312. The van der Waals surface area contributed by atoms with Crippen molar-refractivity contribution in [3.63, 3.8) is 0 Å². The molecule has 0 amide bonds. The van der Waals surface area contributed by atoms with Crippen LogP contribution in [0.3, 0.4) is 0 Å². The maximum Gasteiger partial charge on any atom is 0.303 e. The van der Waals surface area contributed by atoms with Gasteiger partial charge in [-0.1, -0.05) is 7.43 Å². The maximum atomic E-state index is 12.1. The topological polar surface area (TPSA) is 95.9 Å². The van der Waals surface area contributed by atoms with Gasteiger partial charge in [0.15, 0.2) is 11.9 Å². The lowest BCUT2D eigenvalue weighted by molar-refractivity contribution is -0.146. The van der Waals surface area contributed by atoms with Crippen molar-refractivity contribution in [3.05, 3.63) is 18.1 Å². The molecule has 25 heavy (non-hydrogen) atoms. The molecule has 10 heteroatoms. The highest BCUT2D eigenvalue weighted by molar-refractivity contribution is 7.86. The van der Waals surface area contributed by atoms with E-state index in [1.165, 1.54) is 29.6 Å². The average Bonchev–Trinajstić information content (AvgIpc) is 2.54. The van der Waals surface area contributed by atoms with Gasteiger partial charge in [-0.05, 0) is 13.0 Å². The number of rotatable bonds is 5. The molecule has 2 heterocycles. The number of esters is 1. The molecule has 0 aromatic carbocycles. The molecule has 9 nitrogen and oxygen atoms in total. The van der Waals surface area contributed by atoms with Crippen molar-refractivity contribution in [2.75, 3.05) is 45.2 Å². The summed E-state index contributed by atoms with van der Waals surface area (Å²) < 4.78 is 32.0. The Morgan fingerprint density at radius 2 is 1.88 bits per heavy atom. The zero-order chi connectivity index (χ0) is 17.9. The van der Waals surface area contributed by atoms with Crippen molar-refractivity contribution in [3.8, 4) is 0 Å². The molecule has 0 N–H and O–H groups in total. The van der Waals surface area contributed by atoms with Crippen molar-refractivity contribution in [2.24, 2.45) is 0 Å². The number of anilines is 1. The zero-order valence-electron chi connectivity index (χ0n) is 14.3. The van der Waals surface area contributed by atoms with Gasteiger partial charge in [-0.15, -0.1) is 0 Å². The van der Waals surface area contributed by atoms with Crippen LogP contribution < -0.4 is 4.90 Å². The molecule has 1 aliphatic rings. The highest BCUT2D eigenvalue weighted by Gasteiger charge is 2.29. The van der Waals surface area contributed by atoms with E-state index in [0.717, 1.165) is 0 Å². The minimum Gasteiger partial charge on any atom is -0.455 e. The van der Waals surface area contributed by atoms with E-state index in [1.54, 1.807) is 19.2 Å². The minimum atomic E-state index is -3.39. The molecule has 1 aliphatic heterocycles. The van der Waals surface area contributed by atoms with Gasteiger partial charge in [0.25, 0.3) is 10.2 Å². The van der Waals surface area contributed by atoms with Gasteiger partial charge in [0, 0.05) is 53.4 Å². The van der Waals surface area contributed by atoms with E-state index in [0.29, 0.717) is 37.8 Å². The van der Waals surface area contributed by atoms with Crippen LogP contribution in [-0.2, 0) is 19.7 Å². The summed E-state index contributed by atoms with van der Waals surface area (Å²) in [6.45, 7) is 4.89. The second-order valence-corrected chi connectivity index (χ2v) is 7.84. The second kappa shape index (κ2) is 8.54. The summed E-state index contributed by atoms with van der Waals surface area (Å²) in [5.74, 6) is 0.728. The number of ether oxygens (including phenoxy) is 1. The molecule has 142 valence electrons. The third-order valence-electron chi connectivity index (χ3n) is 3.72. The molecule has 2 rings (SSSR count). The fraction of sp³-hybridized carbons (Fsp3) is 0.667. The SMILES string of the molecule is C.CC(=O)OC(C)c1nccc(N2CCN(S(=O)(=O)N(C)C)CC2)n1. The van der Waals surface area contributed by atoms with Crippen molar-refractivity contribution in [2.45, 2.75) is 27.4 Å². The van der Waals surface area contributed by atoms with E-state index in [2.05, 4.69) is 9.97 Å². The third kappa shape index (κ3) is 5.10. The summed E-state index contributed by atoms with van der Waals surface area (Å²) in [6.07, 6.45) is 1.08. The predicted octanol–water partition coefficient (Wildman–Crippen LogP) is 0.665. The molecule has 0 spiro atoms. The van der Waals surface area contributed by atoms with Gasteiger partial charge in [0.1, 0.15) is 5.82 Å². The molecule has 1 atom stereocenters. The molecule has 1 fully saturated rings. The summed E-state index contributed by atoms with van der Waals surface area (Å²) in [5, 5.41) is 0. The second-order valence-electron chi connectivity index (χ2n) is 5.70. The number of hydrogen-bond donors (Lipinski definition) is 0. The Bertz CT molecular complexity index is 687. The fourth-order valence-corrected chi connectivity index (χ4v) is 3.50. The van der Waals surface area contributed by atoms with E-state index in [4.69, 9.17) is 4.74 Å². The Labute approximate surface area is 149 Å². The van der Waals surface area contributed by atoms with Crippen molar-refractivity contribution < 1.29 is 17.9 Å². The molecule has 0 bridgehead atoms. The molecular weight excluding hydrogens is 346 g/mol. The van der Waals surface area contributed by atoms with E-state index in [-0.39, 0.29) is 13.4 Å². The van der Waals surface area contributed by atoms with Gasteiger partial charge >= 0.3 is 5.97 Å². The summed E-state index contributed by atoms with van der Waals surface area (Å²) in [7, 11) is -0.346. The molecule has 1 aromatic heterocycles. The lowest BCUT2D eigenvalue weighted by atomic mass is 10.3.